The Morgan fingerprint density at radius 2 is 1.83 bits per heavy atom. The Labute approximate surface area is 165 Å². The van der Waals surface area contributed by atoms with Gasteiger partial charge in [0.25, 0.3) is 0 Å². The molecule has 0 saturated carbocycles. The lowest BCUT2D eigenvalue weighted by Crippen LogP contribution is -2.46. The van der Waals surface area contributed by atoms with Crippen LogP contribution in [0.3, 0.4) is 0 Å². The van der Waals surface area contributed by atoms with Gasteiger partial charge >= 0.3 is 6.18 Å². The van der Waals surface area contributed by atoms with Gasteiger partial charge in [-0.3, -0.25) is 9.88 Å². The number of aromatic nitrogens is 3. The molecule has 3 heterocycles. The van der Waals surface area contributed by atoms with E-state index in [2.05, 4.69) is 25.2 Å². The number of halogens is 3. The molecule has 0 radical (unpaired) electrons. The summed E-state index contributed by atoms with van der Waals surface area (Å²) in [5.41, 5.74) is 1.69. The number of rotatable bonds is 4. The Bertz CT molecular complexity index is 994. The average molecular weight is 403 g/mol. The second kappa shape index (κ2) is 7.92. The van der Waals surface area contributed by atoms with Gasteiger partial charge in [-0.25, -0.2) is 9.97 Å². The first-order chi connectivity index (χ1) is 13.9. The maximum Gasteiger partial charge on any atom is 0.416 e. The van der Waals surface area contributed by atoms with Gasteiger partial charge in [-0.15, -0.1) is 0 Å². The van der Waals surface area contributed by atoms with Gasteiger partial charge in [0, 0.05) is 37.2 Å². The standard InChI is InChI=1S/C20H20F3N5O/c1-28-8-9-29-12-15(28)10-26-19-18-17(24-6-7-25-18)16(11-27-19)13-2-4-14(5-3-13)20(21,22)23/h2-7,11,15H,8-10,12H2,1H3,(H,26,27). The van der Waals surface area contributed by atoms with Crippen molar-refractivity contribution in [1.82, 2.24) is 19.9 Å². The zero-order chi connectivity index (χ0) is 20.4. The van der Waals surface area contributed by atoms with Gasteiger partial charge in [-0.05, 0) is 24.7 Å². The first-order valence-electron chi connectivity index (χ1n) is 9.22. The van der Waals surface area contributed by atoms with E-state index in [4.69, 9.17) is 4.74 Å². The van der Waals surface area contributed by atoms with Crippen LogP contribution in [-0.2, 0) is 10.9 Å². The molecule has 1 saturated heterocycles. The van der Waals surface area contributed by atoms with Crippen molar-refractivity contribution in [3.63, 3.8) is 0 Å². The number of alkyl halides is 3. The van der Waals surface area contributed by atoms with Crippen LogP contribution in [0.15, 0.2) is 42.9 Å². The molecular weight excluding hydrogens is 383 g/mol. The third-order valence-corrected chi connectivity index (χ3v) is 5.05. The topological polar surface area (TPSA) is 63.2 Å². The maximum absolute atomic E-state index is 12.8. The van der Waals surface area contributed by atoms with E-state index in [0.717, 1.165) is 25.3 Å². The van der Waals surface area contributed by atoms with Crippen LogP contribution in [0.5, 0.6) is 0 Å². The summed E-state index contributed by atoms with van der Waals surface area (Å²) in [4.78, 5) is 15.5. The molecule has 1 atom stereocenters. The highest BCUT2D eigenvalue weighted by molar-refractivity contribution is 5.96. The van der Waals surface area contributed by atoms with Gasteiger partial charge in [-0.2, -0.15) is 13.2 Å². The summed E-state index contributed by atoms with van der Waals surface area (Å²) in [5, 5.41) is 3.31. The minimum atomic E-state index is -4.37. The molecule has 1 N–H and O–H groups in total. The fourth-order valence-corrected chi connectivity index (χ4v) is 3.31. The van der Waals surface area contributed by atoms with Crippen LogP contribution in [0, 0.1) is 0 Å². The fraction of sp³-hybridized carbons (Fsp3) is 0.350. The summed E-state index contributed by atoms with van der Waals surface area (Å²) < 4.78 is 44.0. The molecule has 1 unspecified atom stereocenters. The van der Waals surface area contributed by atoms with Crippen LogP contribution in [0.4, 0.5) is 19.0 Å². The number of ether oxygens (including phenoxy) is 1. The molecule has 4 rings (SSSR count). The predicted molar refractivity (Wildman–Crippen MR) is 103 cm³/mol. The Morgan fingerprint density at radius 3 is 2.52 bits per heavy atom. The van der Waals surface area contributed by atoms with Crippen LogP contribution >= 0.6 is 0 Å². The van der Waals surface area contributed by atoms with Crippen molar-refractivity contribution in [3.8, 4) is 11.1 Å². The lowest BCUT2D eigenvalue weighted by atomic mass is 10.0. The largest absolute Gasteiger partial charge is 0.416 e. The summed E-state index contributed by atoms with van der Waals surface area (Å²) in [6, 6.07) is 5.18. The summed E-state index contributed by atoms with van der Waals surface area (Å²) in [5.74, 6) is 0.586. The molecule has 0 amide bonds. The average Bonchev–Trinajstić information content (AvgIpc) is 2.72. The first-order valence-corrected chi connectivity index (χ1v) is 9.22. The van der Waals surface area contributed by atoms with E-state index >= 15 is 0 Å². The minimum absolute atomic E-state index is 0.215. The highest BCUT2D eigenvalue weighted by atomic mass is 19.4. The molecule has 152 valence electrons. The molecule has 6 nitrogen and oxygen atoms in total. The normalized spacial score (nSPS) is 18.1. The van der Waals surface area contributed by atoms with Gasteiger partial charge < -0.3 is 10.1 Å². The number of nitrogens with zero attached hydrogens (tertiary/aromatic N) is 4. The molecule has 1 aliphatic rings. The highest BCUT2D eigenvalue weighted by Gasteiger charge is 2.30. The number of hydrogen-bond donors (Lipinski definition) is 1. The van der Waals surface area contributed by atoms with Gasteiger partial charge in [0.1, 0.15) is 11.0 Å². The number of benzene rings is 1. The van der Waals surface area contributed by atoms with E-state index in [9.17, 15) is 13.2 Å². The molecular formula is C20H20F3N5O. The van der Waals surface area contributed by atoms with Crippen molar-refractivity contribution in [2.75, 3.05) is 38.7 Å². The van der Waals surface area contributed by atoms with Gasteiger partial charge in [0.15, 0.2) is 5.82 Å². The summed E-state index contributed by atoms with van der Waals surface area (Å²) in [6.45, 7) is 2.86. The minimum Gasteiger partial charge on any atom is -0.378 e. The van der Waals surface area contributed by atoms with E-state index in [1.54, 1.807) is 18.6 Å². The zero-order valence-electron chi connectivity index (χ0n) is 15.8. The molecule has 1 aliphatic heterocycles. The molecule has 29 heavy (non-hydrogen) atoms. The summed E-state index contributed by atoms with van der Waals surface area (Å²) in [6.07, 6.45) is 0.371. The van der Waals surface area contributed by atoms with Crippen LogP contribution in [0.2, 0.25) is 0 Å². The Balaban J connectivity index is 1.63. The van der Waals surface area contributed by atoms with E-state index in [1.165, 1.54) is 12.1 Å². The quantitative estimate of drug-likeness (QED) is 0.720. The molecule has 2 aromatic heterocycles. The molecule has 1 fully saturated rings. The zero-order valence-corrected chi connectivity index (χ0v) is 15.8. The SMILES string of the molecule is CN1CCOCC1CNc1ncc(-c2ccc(C(F)(F)F)cc2)c2nccnc12. The van der Waals surface area contributed by atoms with Gasteiger partial charge in [0.2, 0.25) is 0 Å². The Hall–Kier alpha value is -2.78. The highest BCUT2D eigenvalue weighted by Crippen LogP contribution is 2.33. The number of pyridine rings is 1. The van der Waals surface area contributed by atoms with E-state index in [1.807, 2.05) is 7.05 Å². The smallest absolute Gasteiger partial charge is 0.378 e. The van der Waals surface area contributed by atoms with E-state index < -0.39 is 11.7 Å². The third kappa shape index (κ3) is 4.15. The van der Waals surface area contributed by atoms with E-state index in [-0.39, 0.29) is 6.04 Å². The van der Waals surface area contributed by atoms with E-state index in [0.29, 0.717) is 41.1 Å². The number of nitrogens with one attached hydrogen (secondary N) is 1. The van der Waals surface area contributed by atoms with Crippen molar-refractivity contribution >= 4 is 16.9 Å². The number of fused-ring (bicyclic) bond motifs is 1. The lowest BCUT2D eigenvalue weighted by molar-refractivity contribution is -0.137. The predicted octanol–water partition coefficient (Wildman–Crippen LogP) is 3.45. The molecule has 1 aromatic carbocycles. The third-order valence-electron chi connectivity index (χ3n) is 5.05. The van der Waals surface area contributed by atoms with Crippen LogP contribution in [0.25, 0.3) is 22.2 Å². The van der Waals surface area contributed by atoms with Crippen molar-refractivity contribution in [1.29, 1.82) is 0 Å². The molecule has 0 bridgehead atoms. The Morgan fingerprint density at radius 1 is 1.10 bits per heavy atom. The second-order valence-electron chi connectivity index (χ2n) is 6.94. The number of anilines is 1. The molecule has 0 spiro atoms. The van der Waals surface area contributed by atoms with Crippen LogP contribution < -0.4 is 5.32 Å². The second-order valence-corrected chi connectivity index (χ2v) is 6.94. The first kappa shape index (κ1) is 19.5. The monoisotopic (exact) mass is 403 g/mol. The fourth-order valence-electron chi connectivity index (χ4n) is 3.31. The van der Waals surface area contributed by atoms with Crippen LogP contribution in [-0.4, -0.2) is 59.2 Å². The molecule has 3 aromatic rings. The number of morpholine rings is 1. The van der Waals surface area contributed by atoms with Crippen LogP contribution in [0.1, 0.15) is 5.56 Å². The Kier molecular flexibility index (Phi) is 5.33. The number of likely N-dealkylation sites (N-methyl/N-ethyl adjacent to an activating group) is 1. The van der Waals surface area contributed by atoms with Crippen molar-refractivity contribution in [2.24, 2.45) is 0 Å². The molecule has 9 heteroatoms. The number of hydrogen-bond acceptors (Lipinski definition) is 6. The van der Waals surface area contributed by atoms with Crippen molar-refractivity contribution in [2.45, 2.75) is 12.2 Å². The maximum atomic E-state index is 12.8. The van der Waals surface area contributed by atoms with Crippen molar-refractivity contribution < 1.29 is 17.9 Å². The summed E-state index contributed by atoms with van der Waals surface area (Å²) >= 11 is 0. The molecule has 0 aliphatic carbocycles. The summed E-state index contributed by atoms with van der Waals surface area (Å²) in [7, 11) is 2.05. The van der Waals surface area contributed by atoms with Crippen molar-refractivity contribution in [3.05, 3.63) is 48.4 Å². The van der Waals surface area contributed by atoms with Gasteiger partial charge in [0.05, 0.1) is 24.8 Å². The lowest BCUT2D eigenvalue weighted by Gasteiger charge is -2.32. The van der Waals surface area contributed by atoms with Gasteiger partial charge in [-0.1, -0.05) is 12.1 Å².